The third-order valence-electron chi connectivity index (χ3n) is 3.67. The number of methoxy groups -OCH3 is 1. The van der Waals surface area contributed by atoms with E-state index in [-0.39, 0.29) is 5.78 Å². The molecule has 3 nitrogen and oxygen atoms in total. The smallest absolute Gasteiger partial charge is 0.374 e. The summed E-state index contributed by atoms with van der Waals surface area (Å²) < 4.78 is 4.38. The van der Waals surface area contributed by atoms with E-state index in [0.29, 0.717) is 6.42 Å². The molecule has 0 N–H and O–H groups in total. The van der Waals surface area contributed by atoms with Crippen LogP contribution in [0.5, 0.6) is 0 Å². The largest absolute Gasteiger partial charge is 0.463 e. The predicted molar refractivity (Wildman–Crippen MR) is 82.7 cm³/mol. The van der Waals surface area contributed by atoms with Gasteiger partial charge in [-0.15, -0.1) is 0 Å². The van der Waals surface area contributed by atoms with E-state index in [4.69, 9.17) is 0 Å². The van der Waals surface area contributed by atoms with E-state index in [0.717, 1.165) is 12.8 Å². The van der Waals surface area contributed by atoms with Gasteiger partial charge >= 0.3 is 5.97 Å². The van der Waals surface area contributed by atoms with Gasteiger partial charge in [0.15, 0.2) is 0 Å². The minimum atomic E-state index is -0.701. The Kier molecular flexibility index (Phi) is 13.9. The average Bonchev–Trinajstić information content (AvgIpc) is 2.47. The summed E-state index contributed by atoms with van der Waals surface area (Å²) in [5.41, 5.74) is 0. The highest BCUT2D eigenvalue weighted by molar-refractivity contribution is 6.33. The number of carbonyl (C=O) groups excluding carboxylic acids is 2. The highest BCUT2D eigenvalue weighted by Gasteiger charge is 2.12. The highest BCUT2D eigenvalue weighted by atomic mass is 16.5. The second-order valence-corrected chi connectivity index (χ2v) is 5.55. The second-order valence-electron chi connectivity index (χ2n) is 5.55. The topological polar surface area (TPSA) is 43.4 Å². The first kappa shape index (κ1) is 19.1. The van der Waals surface area contributed by atoms with Crippen LogP contribution in [0.25, 0.3) is 0 Å². The quantitative estimate of drug-likeness (QED) is 0.261. The molecule has 0 bridgehead atoms. The molecule has 0 aromatic carbocycles. The van der Waals surface area contributed by atoms with Gasteiger partial charge in [-0.3, -0.25) is 4.79 Å². The standard InChI is InChI=1S/C17H32O3/c1-3-4-5-6-7-8-9-10-11-12-13-14-15-16(18)17(19)20-2/h3-15H2,1-2H3. The molecule has 0 heterocycles. The number of ketones is 1. The van der Waals surface area contributed by atoms with Gasteiger partial charge in [0, 0.05) is 6.42 Å². The Balaban J connectivity index is 3.13. The molecule has 118 valence electrons. The first-order chi connectivity index (χ1) is 9.72. The summed E-state index contributed by atoms with van der Waals surface area (Å²) >= 11 is 0. The Bertz CT molecular complexity index is 249. The summed E-state index contributed by atoms with van der Waals surface area (Å²) in [4.78, 5) is 22.1. The predicted octanol–water partition coefficient (Wildman–Crippen LogP) is 4.82. The van der Waals surface area contributed by atoms with E-state index in [1.807, 2.05) is 0 Å². The number of esters is 1. The third-order valence-corrected chi connectivity index (χ3v) is 3.67. The van der Waals surface area contributed by atoms with Crippen molar-refractivity contribution < 1.29 is 14.3 Å². The van der Waals surface area contributed by atoms with Gasteiger partial charge in [0.2, 0.25) is 5.78 Å². The fraction of sp³-hybridized carbons (Fsp3) is 0.882. The van der Waals surface area contributed by atoms with Crippen molar-refractivity contribution in [2.24, 2.45) is 0 Å². The molecule has 0 aromatic heterocycles. The SMILES string of the molecule is CCCCCCCCCCCCCCC(=O)C(=O)OC. The van der Waals surface area contributed by atoms with Crippen molar-refractivity contribution in [2.75, 3.05) is 7.11 Å². The molecule has 0 fully saturated rings. The molecule has 0 amide bonds. The van der Waals surface area contributed by atoms with Crippen LogP contribution in [0, 0.1) is 0 Å². The Morgan fingerprint density at radius 2 is 1.10 bits per heavy atom. The fourth-order valence-corrected chi connectivity index (χ4v) is 2.34. The maximum absolute atomic E-state index is 11.2. The number of unbranched alkanes of at least 4 members (excludes halogenated alkanes) is 11. The Morgan fingerprint density at radius 1 is 0.700 bits per heavy atom. The Hall–Kier alpha value is -0.860. The lowest BCUT2D eigenvalue weighted by molar-refractivity contribution is -0.151. The van der Waals surface area contributed by atoms with Gasteiger partial charge in [0.05, 0.1) is 7.11 Å². The van der Waals surface area contributed by atoms with Crippen LogP contribution in [-0.2, 0) is 14.3 Å². The van der Waals surface area contributed by atoms with Gasteiger partial charge in [-0.05, 0) is 6.42 Å². The van der Waals surface area contributed by atoms with Gasteiger partial charge in [0.25, 0.3) is 0 Å². The molecule has 0 aliphatic heterocycles. The number of Topliss-reactive ketones (excluding diaryl/α,β-unsaturated/α-hetero) is 1. The van der Waals surface area contributed by atoms with Crippen LogP contribution in [0.3, 0.4) is 0 Å². The number of hydrogen-bond acceptors (Lipinski definition) is 3. The lowest BCUT2D eigenvalue weighted by atomic mass is 10.0. The molecule has 0 spiro atoms. The lowest BCUT2D eigenvalue weighted by Gasteiger charge is -2.02. The van der Waals surface area contributed by atoms with E-state index in [1.54, 1.807) is 0 Å². The summed E-state index contributed by atoms with van der Waals surface area (Å²) in [5.74, 6) is -1.09. The van der Waals surface area contributed by atoms with Gasteiger partial charge in [-0.2, -0.15) is 0 Å². The molecule has 0 aliphatic rings. The van der Waals surface area contributed by atoms with Crippen LogP contribution >= 0.6 is 0 Å². The van der Waals surface area contributed by atoms with Gasteiger partial charge in [-0.1, -0.05) is 77.6 Å². The first-order valence-corrected chi connectivity index (χ1v) is 8.33. The van der Waals surface area contributed by atoms with Crippen molar-refractivity contribution in [3.63, 3.8) is 0 Å². The Labute approximate surface area is 124 Å². The van der Waals surface area contributed by atoms with Crippen molar-refractivity contribution >= 4 is 11.8 Å². The summed E-state index contributed by atoms with van der Waals surface area (Å²) in [7, 11) is 1.25. The van der Waals surface area contributed by atoms with Gasteiger partial charge in [-0.25, -0.2) is 4.79 Å². The van der Waals surface area contributed by atoms with Gasteiger partial charge in [0.1, 0.15) is 0 Å². The third kappa shape index (κ3) is 12.2. The number of ether oxygens (including phenoxy) is 1. The molecule has 20 heavy (non-hydrogen) atoms. The first-order valence-electron chi connectivity index (χ1n) is 8.33. The number of carbonyl (C=O) groups is 2. The number of hydrogen-bond donors (Lipinski definition) is 0. The van der Waals surface area contributed by atoms with E-state index in [1.165, 1.54) is 71.3 Å². The van der Waals surface area contributed by atoms with Crippen molar-refractivity contribution in [3.8, 4) is 0 Å². The molecule has 0 aliphatic carbocycles. The minimum Gasteiger partial charge on any atom is -0.463 e. The van der Waals surface area contributed by atoms with Gasteiger partial charge < -0.3 is 4.74 Å². The fourth-order valence-electron chi connectivity index (χ4n) is 2.34. The molecule has 0 atom stereocenters. The van der Waals surface area contributed by atoms with E-state index in [2.05, 4.69) is 11.7 Å². The zero-order valence-electron chi connectivity index (χ0n) is 13.4. The summed E-state index contributed by atoms with van der Waals surface area (Å²) in [6, 6.07) is 0. The zero-order chi connectivity index (χ0) is 15.1. The molecule has 0 saturated heterocycles. The van der Waals surface area contributed by atoms with E-state index in [9.17, 15) is 9.59 Å². The Morgan fingerprint density at radius 3 is 1.50 bits per heavy atom. The maximum Gasteiger partial charge on any atom is 0.374 e. The van der Waals surface area contributed by atoms with Crippen LogP contribution in [-0.4, -0.2) is 18.9 Å². The molecule has 0 rings (SSSR count). The van der Waals surface area contributed by atoms with Crippen LogP contribution in [0.1, 0.15) is 90.4 Å². The normalized spacial score (nSPS) is 10.5. The van der Waals surface area contributed by atoms with Crippen molar-refractivity contribution in [1.29, 1.82) is 0 Å². The molecular formula is C17H32O3. The van der Waals surface area contributed by atoms with E-state index >= 15 is 0 Å². The summed E-state index contributed by atoms with van der Waals surface area (Å²) in [5, 5.41) is 0. The van der Waals surface area contributed by atoms with Crippen molar-refractivity contribution in [1.82, 2.24) is 0 Å². The lowest BCUT2D eigenvalue weighted by Crippen LogP contribution is -2.14. The highest BCUT2D eigenvalue weighted by Crippen LogP contribution is 2.12. The summed E-state index contributed by atoms with van der Waals surface area (Å²) in [6.45, 7) is 2.25. The average molecular weight is 284 g/mol. The number of rotatable bonds is 14. The van der Waals surface area contributed by atoms with E-state index < -0.39 is 5.97 Å². The van der Waals surface area contributed by atoms with Crippen LogP contribution in [0.15, 0.2) is 0 Å². The van der Waals surface area contributed by atoms with Crippen LogP contribution < -0.4 is 0 Å². The maximum atomic E-state index is 11.2. The zero-order valence-corrected chi connectivity index (χ0v) is 13.4. The molecule has 0 radical (unpaired) electrons. The molecule has 3 heteroatoms. The van der Waals surface area contributed by atoms with Crippen LogP contribution in [0.4, 0.5) is 0 Å². The molecule has 0 saturated carbocycles. The summed E-state index contributed by atoms with van der Waals surface area (Å²) in [6.07, 6.45) is 15.5. The van der Waals surface area contributed by atoms with Crippen molar-refractivity contribution in [2.45, 2.75) is 90.4 Å². The molecule has 0 aromatic rings. The minimum absolute atomic E-state index is 0.337. The molecular weight excluding hydrogens is 252 g/mol. The second kappa shape index (κ2) is 14.5. The molecule has 0 unspecified atom stereocenters. The van der Waals surface area contributed by atoms with Crippen LogP contribution in [0.2, 0.25) is 0 Å². The monoisotopic (exact) mass is 284 g/mol. The van der Waals surface area contributed by atoms with Crippen molar-refractivity contribution in [3.05, 3.63) is 0 Å².